The number of nitrogens with one attached hydrogen (secondary N) is 1. The molecule has 0 aliphatic heterocycles. The van der Waals surface area contributed by atoms with Crippen LogP contribution in [0.25, 0.3) is 0 Å². The largest absolute Gasteiger partial charge is 0.598 e. The molecule has 0 saturated carbocycles. The summed E-state index contributed by atoms with van der Waals surface area (Å²) in [5.41, 5.74) is 1.24. The molecule has 2 rings (SSSR count). The van der Waals surface area contributed by atoms with E-state index in [1.807, 2.05) is 45.0 Å². The molecule has 0 unspecified atom stereocenters. The second-order valence-corrected chi connectivity index (χ2v) is 10.2. The van der Waals surface area contributed by atoms with Crippen LogP contribution < -0.4 is 4.72 Å². The van der Waals surface area contributed by atoms with Crippen molar-refractivity contribution in [3.63, 3.8) is 0 Å². The lowest BCUT2D eigenvalue weighted by Crippen LogP contribution is -2.41. The zero-order valence-electron chi connectivity index (χ0n) is 15.8. The Bertz CT molecular complexity index is 695. The van der Waals surface area contributed by atoms with Crippen molar-refractivity contribution in [3.05, 3.63) is 57.8 Å². The lowest BCUT2D eigenvalue weighted by Gasteiger charge is -2.27. The van der Waals surface area contributed by atoms with E-state index in [0.29, 0.717) is 6.61 Å². The highest BCUT2D eigenvalue weighted by Gasteiger charge is 2.31. The van der Waals surface area contributed by atoms with Crippen LogP contribution in [0.5, 0.6) is 0 Å². The van der Waals surface area contributed by atoms with E-state index in [4.69, 9.17) is 4.74 Å². The molecule has 0 amide bonds. The van der Waals surface area contributed by atoms with Crippen molar-refractivity contribution in [2.45, 2.75) is 51.3 Å². The number of carbonyl (C=O) groups is 1. The van der Waals surface area contributed by atoms with Crippen LogP contribution in [0.4, 0.5) is 0 Å². The van der Waals surface area contributed by atoms with Crippen molar-refractivity contribution in [1.29, 1.82) is 0 Å². The average Bonchev–Trinajstić information content (AvgIpc) is 3.03. The highest BCUT2D eigenvalue weighted by Crippen LogP contribution is 2.29. The lowest BCUT2D eigenvalue weighted by atomic mass is 10.1. The molecule has 2 atom stereocenters. The first kappa shape index (κ1) is 21.0. The van der Waals surface area contributed by atoms with Gasteiger partial charge in [0.25, 0.3) is 0 Å². The average molecular weight is 394 g/mol. The van der Waals surface area contributed by atoms with Gasteiger partial charge in [0.15, 0.2) is 0 Å². The van der Waals surface area contributed by atoms with Gasteiger partial charge in [0.2, 0.25) is 0 Å². The van der Waals surface area contributed by atoms with Gasteiger partial charge in [-0.2, -0.15) is 0 Å². The summed E-state index contributed by atoms with van der Waals surface area (Å²) < 4.78 is 20.3. The van der Waals surface area contributed by atoms with Crippen LogP contribution in [-0.2, 0) is 27.3 Å². The molecule has 0 fully saturated rings. The third-order valence-electron chi connectivity index (χ3n) is 3.73. The minimum atomic E-state index is -1.27. The maximum absolute atomic E-state index is 12.5. The van der Waals surface area contributed by atoms with Gasteiger partial charge in [-0.1, -0.05) is 30.3 Å². The smallest absolute Gasteiger partial charge is 0.307 e. The van der Waals surface area contributed by atoms with Crippen LogP contribution >= 0.6 is 11.3 Å². The minimum Gasteiger partial charge on any atom is -0.598 e. The summed E-state index contributed by atoms with van der Waals surface area (Å²) in [6.07, 6.45) is 1.01. The van der Waals surface area contributed by atoms with Crippen LogP contribution in [-0.4, -0.2) is 21.9 Å². The molecule has 0 aliphatic rings. The van der Waals surface area contributed by atoms with E-state index in [9.17, 15) is 9.35 Å². The molecule has 2 aromatic rings. The van der Waals surface area contributed by atoms with E-state index in [1.54, 1.807) is 18.3 Å². The third-order valence-corrected chi connectivity index (χ3v) is 6.54. The number of hydrogen-bond acceptors (Lipinski definition) is 5. The molecule has 6 heteroatoms. The van der Waals surface area contributed by atoms with E-state index in [1.165, 1.54) is 10.4 Å². The van der Waals surface area contributed by atoms with Crippen molar-refractivity contribution in [1.82, 2.24) is 4.72 Å². The summed E-state index contributed by atoms with van der Waals surface area (Å²) in [6, 6.07) is 14.0. The van der Waals surface area contributed by atoms with Gasteiger partial charge in [0.1, 0.15) is 4.75 Å². The maximum Gasteiger partial charge on any atom is 0.307 e. The van der Waals surface area contributed by atoms with Crippen molar-refractivity contribution in [2.24, 2.45) is 0 Å². The molecule has 1 aromatic heterocycles. The monoisotopic (exact) mass is 393 g/mol. The standard InChI is InChI=1S/C20H27NO3S2/c1-5-24-19(22)14-17(21-26(23)20(2,3)4)18-12-11-16(25-18)13-15-9-7-6-8-10-15/h6-12,17,21H,5,13-14H2,1-4H3/t17-,26+/m0/s1. The number of rotatable bonds is 8. The Morgan fingerprint density at radius 1 is 1.23 bits per heavy atom. The molecule has 0 bridgehead atoms. The highest BCUT2D eigenvalue weighted by molar-refractivity contribution is 7.90. The SMILES string of the molecule is CCOC(=O)C[C@H](N[S@+]([O-])C(C)(C)C)c1ccc(Cc2ccccc2)s1. The predicted molar refractivity (Wildman–Crippen MR) is 109 cm³/mol. The molecular weight excluding hydrogens is 366 g/mol. The summed E-state index contributed by atoms with van der Waals surface area (Å²) in [6.45, 7) is 7.86. The normalized spacial score (nSPS) is 14.0. The molecule has 0 radical (unpaired) electrons. The van der Waals surface area contributed by atoms with Crippen molar-refractivity contribution >= 4 is 28.7 Å². The Labute approximate surface area is 163 Å². The van der Waals surface area contributed by atoms with Crippen LogP contribution in [0.15, 0.2) is 42.5 Å². The van der Waals surface area contributed by atoms with Gasteiger partial charge in [-0.05, 0) is 45.4 Å². The number of benzene rings is 1. The summed E-state index contributed by atoms with van der Waals surface area (Å²) in [5.74, 6) is -0.283. The van der Waals surface area contributed by atoms with Crippen molar-refractivity contribution in [3.8, 4) is 0 Å². The topological polar surface area (TPSA) is 61.4 Å². The Morgan fingerprint density at radius 3 is 2.54 bits per heavy atom. The van der Waals surface area contributed by atoms with Gasteiger partial charge in [-0.3, -0.25) is 4.79 Å². The fourth-order valence-corrected chi connectivity index (χ4v) is 4.36. The van der Waals surface area contributed by atoms with Crippen molar-refractivity contribution in [2.75, 3.05) is 6.61 Å². The summed E-state index contributed by atoms with van der Waals surface area (Å²) in [4.78, 5) is 14.2. The minimum absolute atomic E-state index is 0.168. The Balaban J connectivity index is 2.14. The van der Waals surface area contributed by atoms with E-state index >= 15 is 0 Å². The van der Waals surface area contributed by atoms with Gasteiger partial charge in [0, 0.05) is 27.5 Å². The first-order valence-electron chi connectivity index (χ1n) is 8.75. The maximum atomic E-state index is 12.5. The fraction of sp³-hybridized carbons (Fsp3) is 0.450. The van der Waals surface area contributed by atoms with Gasteiger partial charge >= 0.3 is 5.97 Å². The second kappa shape index (κ2) is 9.55. The van der Waals surface area contributed by atoms with Crippen LogP contribution in [0.1, 0.15) is 55.5 Å². The molecule has 0 saturated heterocycles. The highest BCUT2D eigenvalue weighted by atomic mass is 32.2. The van der Waals surface area contributed by atoms with E-state index in [-0.39, 0.29) is 18.4 Å². The molecular formula is C20H27NO3S2. The molecule has 1 heterocycles. The van der Waals surface area contributed by atoms with Gasteiger partial charge < -0.3 is 9.29 Å². The van der Waals surface area contributed by atoms with Crippen LogP contribution in [0.3, 0.4) is 0 Å². The van der Waals surface area contributed by atoms with E-state index in [0.717, 1.165) is 11.3 Å². The van der Waals surface area contributed by atoms with E-state index in [2.05, 4.69) is 22.9 Å². The number of thiophene rings is 1. The number of esters is 1. The quantitative estimate of drug-likeness (QED) is 0.534. The zero-order valence-corrected chi connectivity index (χ0v) is 17.4. The third kappa shape index (κ3) is 6.43. The summed E-state index contributed by atoms with van der Waals surface area (Å²) in [7, 11) is 0. The number of hydrogen-bond donors (Lipinski definition) is 1. The molecule has 0 spiro atoms. The van der Waals surface area contributed by atoms with Crippen LogP contribution in [0.2, 0.25) is 0 Å². The summed E-state index contributed by atoms with van der Waals surface area (Å²) >= 11 is 0.376. The lowest BCUT2D eigenvalue weighted by molar-refractivity contribution is -0.143. The van der Waals surface area contributed by atoms with Gasteiger partial charge in [-0.25, -0.2) is 0 Å². The molecule has 142 valence electrons. The molecule has 0 aliphatic carbocycles. The number of carbonyl (C=O) groups excluding carboxylic acids is 1. The Morgan fingerprint density at radius 2 is 1.92 bits per heavy atom. The molecule has 26 heavy (non-hydrogen) atoms. The number of ether oxygens (including phenoxy) is 1. The Hall–Kier alpha value is -1.34. The second-order valence-electron chi connectivity index (χ2n) is 7.03. The zero-order chi connectivity index (χ0) is 19.2. The van der Waals surface area contributed by atoms with Crippen LogP contribution in [0, 0.1) is 0 Å². The molecule has 1 aromatic carbocycles. The van der Waals surface area contributed by atoms with E-state index < -0.39 is 16.1 Å². The van der Waals surface area contributed by atoms with Gasteiger partial charge in [0.05, 0.1) is 19.1 Å². The molecule has 4 nitrogen and oxygen atoms in total. The fourth-order valence-electron chi connectivity index (χ4n) is 2.37. The first-order chi connectivity index (χ1) is 12.3. The Kier molecular flexibility index (Phi) is 7.70. The van der Waals surface area contributed by atoms with Gasteiger partial charge in [-0.15, -0.1) is 16.1 Å². The summed E-state index contributed by atoms with van der Waals surface area (Å²) in [5, 5.41) is 0. The van der Waals surface area contributed by atoms with Crippen molar-refractivity contribution < 1.29 is 14.1 Å². The predicted octanol–water partition coefficient (Wildman–Crippen LogP) is 4.39. The first-order valence-corrected chi connectivity index (χ1v) is 10.7. The molecule has 1 N–H and O–H groups in total.